The number of amides is 2. The molecule has 2 aromatic rings. The summed E-state index contributed by atoms with van der Waals surface area (Å²) in [4.78, 5) is 20.1. The number of hydrogen-bond acceptors (Lipinski definition) is 4. The molecule has 1 fully saturated rings. The number of piperidine rings is 1. The molecule has 0 bridgehead atoms. The van der Waals surface area contributed by atoms with Crippen molar-refractivity contribution < 1.29 is 4.79 Å². The van der Waals surface area contributed by atoms with Crippen LogP contribution < -0.4 is 5.32 Å². The van der Waals surface area contributed by atoms with E-state index < -0.39 is 0 Å². The lowest BCUT2D eigenvalue weighted by Gasteiger charge is -2.37. The molecule has 140 valence electrons. The van der Waals surface area contributed by atoms with Gasteiger partial charge in [0.15, 0.2) is 0 Å². The Kier molecular flexibility index (Phi) is 5.62. The Morgan fingerprint density at radius 1 is 1.23 bits per heavy atom. The second-order valence-electron chi connectivity index (χ2n) is 7.48. The monoisotopic (exact) mass is 389 g/mol. The molecule has 0 aliphatic carbocycles. The number of likely N-dealkylation sites (tertiary alicyclic amines) is 1. The molecule has 0 spiro atoms. The maximum absolute atomic E-state index is 12.7. The normalized spacial score (nSPS) is 20.0. The molecule has 2 aliphatic rings. The Balaban J connectivity index is 1.38. The average molecular weight is 390 g/mol. The summed E-state index contributed by atoms with van der Waals surface area (Å²) >= 11 is 3.61. The van der Waals surface area contributed by atoms with E-state index in [-0.39, 0.29) is 6.03 Å². The summed E-state index contributed by atoms with van der Waals surface area (Å²) in [5.74, 6) is 0.818. The molecule has 2 aliphatic heterocycles. The molecule has 0 aromatic carbocycles. The minimum absolute atomic E-state index is 0.0776. The van der Waals surface area contributed by atoms with Crippen molar-refractivity contribution in [3.05, 3.63) is 44.3 Å². The van der Waals surface area contributed by atoms with Crippen LogP contribution in [0.3, 0.4) is 0 Å². The summed E-state index contributed by atoms with van der Waals surface area (Å²) in [7, 11) is 0. The van der Waals surface area contributed by atoms with Crippen LogP contribution >= 0.6 is 22.7 Å². The highest BCUT2D eigenvalue weighted by atomic mass is 32.1. The smallest absolute Gasteiger partial charge is 0.317 e. The van der Waals surface area contributed by atoms with Crippen LogP contribution in [-0.2, 0) is 13.0 Å². The van der Waals surface area contributed by atoms with Gasteiger partial charge in [0.25, 0.3) is 0 Å². The molecule has 4 heterocycles. The first kappa shape index (κ1) is 18.0. The Morgan fingerprint density at radius 2 is 2.08 bits per heavy atom. The first-order valence-corrected chi connectivity index (χ1v) is 11.3. The summed E-state index contributed by atoms with van der Waals surface area (Å²) < 4.78 is 0. The van der Waals surface area contributed by atoms with Crippen molar-refractivity contribution in [3.8, 4) is 0 Å². The quantitative estimate of drug-likeness (QED) is 0.844. The van der Waals surface area contributed by atoms with Gasteiger partial charge in [-0.15, -0.1) is 22.7 Å². The first-order chi connectivity index (χ1) is 12.7. The van der Waals surface area contributed by atoms with Crippen molar-refractivity contribution in [1.82, 2.24) is 15.1 Å². The summed E-state index contributed by atoms with van der Waals surface area (Å²) in [6, 6.07) is 6.85. The van der Waals surface area contributed by atoms with Crippen LogP contribution in [0.25, 0.3) is 0 Å². The highest BCUT2D eigenvalue weighted by Gasteiger charge is 2.27. The molecule has 1 N–H and O–H groups in total. The second kappa shape index (κ2) is 8.11. The van der Waals surface area contributed by atoms with Gasteiger partial charge in [-0.05, 0) is 66.7 Å². The third-order valence-electron chi connectivity index (χ3n) is 5.67. The molecule has 0 saturated carbocycles. The Labute approximate surface area is 163 Å². The van der Waals surface area contributed by atoms with Crippen LogP contribution in [0, 0.1) is 5.92 Å². The fourth-order valence-corrected chi connectivity index (χ4v) is 5.70. The molecule has 0 radical (unpaired) electrons. The van der Waals surface area contributed by atoms with E-state index in [0.29, 0.717) is 12.6 Å². The van der Waals surface area contributed by atoms with Crippen molar-refractivity contribution in [3.63, 3.8) is 0 Å². The second-order valence-corrected chi connectivity index (χ2v) is 9.46. The zero-order chi connectivity index (χ0) is 17.9. The van der Waals surface area contributed by atoms with E-state index in [2.05, 4.69) is 46.1 Å². The lowest BCUT2D eigenvalue weighted by molar-refractivity contribution is 0.134. The molecule has 6 heteroatoms. The number of thiophene rings is 2. The van der Waals surface area contributed by atoms with Crippen LogP contribution in [0.2, 0.25) is 0 Å². The van der Waals surface area contributed by atoms with Crippen LogP contribution in [-0.4, -0.2) is 42.0 Å². The molecule has 26 heavy (non-hydrogen) atoms. The van der Waals surface area contributed by atoms with Crippen molar-refractivity contribution >= 4 is 28.7 Å². The van der Waals surface area contributed by atoms with Gasteiger partial charge in [0.1, 0.15) is 0 Å². The largest absolute Gasteiger partial charge is 0.336 e. The third kappa shape index (κ3) is 3.97. The Bertz CT molecular complexity index is 719. The maximum Gasteiger partial charge on any atom is 0.317 e. The van der Waals surface area contributed by atoms with Crippen molar-refractivity contribution in [2.24, 2.45) is 5.92 Å². The number of nitrogens with one attached hydrogen (secondary N) is 1. The molecule has 2 amide bonds. The van der Waals surface area contributed by atoms with Gasteiger partial charge in [-0.25, -0.2) is 4.79 Å². The van der Waals surface area contributed by atoms with E-state index in [1.54, 1.807) is 11.3 Å². The molecule has 0 unspecified atom stereocenters. The third-order valence-corrected chi connectivity index (χ3v) is 7.67. The maximum atomic E-state index is 12.7. The van der Waals surface area contributed by atoms with E-state index in [0.717, 1.165) is 38.5 Å². The average Bonchev–Trinajstić information content (AvgIpc) is 3.34. The van der Waals surface area contributed by atoms with Gasteiger partial charge in [0, 0.05) is 29.4 Å². The zero-order valence-electron chi connectivity index (χ0n) is 15.3. The molecule has 4 rings (SSSR count). The number of nitrogens with zero attached hydrogens (tertiary/aromatic N) is 2. The lowest BCUT2D eigenvalue weighted by Crippen LogP contribution is -2.46. The van der Waals surface area contributed by atoms with E-state index in [9.17, 15) is 4.79 Å². The predicted molar refractivity (Wildman–Crippen MR) is 109 cm³/mol. The standard InChI is InChI=1S/C20H27N3OS2/c1-15-4-8-22(9-5-15)17(19-3-2-11-25-19)13-21-20(24)23-10-6-18-16(14-23)7-12-26-18/h2-3,7,11-12,15,17H,4-6,8-10,13-14H2,1H3,(H,21,24)/t17-/m1/s1. The van der Waals surface area contributed by atoms with Crippen LogP contribution in [0.1, 0.15) is 41.1 Å². The molecule has 1 atom stereocenters. The molecule has 2 aromatic heterocycles. The summed E-state index contributed by atoms with van der Waals surface area (Å²) in [5.41, 5.74) is 1.32. The van der Waals surface area contributed by atoms with Crippen molar-refractivity contribution in [1.29, 1.82) is 0 Å². The van der Waals surface area contributed by atoms with Crippen LogP contribution in [0.5, 0.6) is 0 Å². The van der Waals surface area contributed by atoms with Gasteiger partial charge in [0.05, 0.1) is 6.04 Å². The summed E-state index contributed by atoms with van der Waals surface area (Å²) in [6.45, 7) is 6.86. The number of urea groups is 1. The Morgan fingerprint density at radius 3 is 2.85 bits per heavy atom. The fourth-order valence-electron chi connectivity index (χ4n) is 3.95. The van der Waals surface area contributed by atoms with Gasteiger partial charge in [-0.2, -0.15) is 0 Å². The van der Waals surface area contributed by atoms with Crippen LogP contribution in [0.15, 0.2) is 29.0 Å². The van der Waals surface area contributed by atoms with Gasteiger partial charge < -0.3 is 10.2 Å². The SMILES string of the molecule is CC1CCN([C@H](CNC(=O)N2CCc3sccc3C2)c2cccs2)CC1. The molecular weight excluding hydrogens is 362 g/mol. The number of hydrogen-bond donors (Lipinski definition) is 1. The van der Waals surface area contributed by atoms with E-state index in [1.807, 2.05) is 16.2 Å². The fraction of sp³-hybridized carbons (Fsp3) is 0.550. The molecular formula is C20H27N3OS2. The van der Waals surface area contributed by atoms with Crippen molar-refractivity contribution in [2.45, 2.75) is 38.8 Å². The Hall–Kier alpha value is -1.37. The number of fused-ring (bicyclic) bond motifs is 1. The first-order valence-electron chi connectivity index (χ1n) is 9.56. The van der Waals surface area contributed by atoms with Crippen LogP contribution in [0.4, 0.5) is 4.79 Å². The number of rotatable bonds is 4. The van der Waals surface area contributed by atoms with E-state index in [4.69, 9.17) is 0 Å². The minimum Gasteiger partial charge on any atom is -0.336 e. The number of carbonyl (C=O) groups is 1. The minimum atomic E-state index is 0.0776. The molecule has 4 nitrogen and oxygen atoms in total. The van der Waals surface area contributed by atoms with Gasteiger partial charge in [0.2, 0.25) is 0 Å². The molecule has 1 saturated heterocycles. The lowest BCUT2D eigenvalue weighted by atomic mass is 9.97. The highest BCUT2D eigenvalue weighted by molar-refractivity contribution is 7.10. The van der Waals surface area contributed by atoms with Gasteiger partial charge in [-0.1, -0.05) is 13.0 Å². The highest BCUT2D eigenvalue weighted by Crippen LogP contribution is 2.29. The summed E-state index contributed by atoms with van der Waals surface area (Å²) in [6.07, 6.45) is 3.49. The topological polar surface area (TPSA) is 35.6 Å². The van der Waals surface area contributed by atoms with Crippen molar-refractivity contribution in [2.75, 3.05) is 26.2 Å². The number of carbonyl (C=O) groups excluding carboxylic acids is 1. The summed E-state index contributed by atoms with van der Waals surface area (Å²) in [5, 5.41) is 7.50. The van der Waals surface area contributed by atoms with E-state index in [1.165, 1.54) is 28.2 Å². The predicted octanol–water partition coefficient (Wildman–Crippen LogP) is 4.35. The van der Waals surface area contributed by atoms with Gasteiger partial charge >= 0.3 is 6.03 Å². The van der Waals surface area contributed by atoms with E-state index >= 15 is 0 Å². The van der Waals surface area contributed by atoms with Gasteiger partial charge in [-0.3, -0.25) is 4.90 Å². The zero-order valence-corrected chi connectivity index (χ0v) is 17.0.